The molecule has 4 nitrogen and oxygen atoms in total. The lowest BCUT2D eigenvalue weighted by Crippen LogP contribution is -2.09. The van der Waals surface area contributed by atoms with Crippen LogP contribution in [0.3, 0.4) is 0 Å². The van der Waals surface area contributed by atoms with Crippen LogP contribution in [0.1, 0.15) is 30.4 Å². The number of amides is 1. The molecule has 1 amide bonds. The smallest absolute Gasteiger partial charge is 0.221 e. The van der Waals surface area contributed by atoms with Crippen LogP contribution in [-0.2, 0) is 11.3 Å². The van der Waals surface area contributed by atoms with Crippen molar-refractivity contribution in [1.29, 1.82) is 0 Å². The van der Waals surface area contributed by atoms with Gasteiger partial charge in [-0.05, 0) is 24.4 Å². The summed E-state index contributed by atoms with van der Waals surface area (Å²) in [5, 5.41) is 17.8. The van der Waals surface area contributed by atoms with Gasteiger partial charge in [-0.25, -0.2) is 0 Å². The molecule has 0 spiro atoms. The molecule has 1 atom stereocenters. The first-order valence-electron chi connectivity index (χ1n) is 6.42. The summed E-state index contributed by atoms with van der Waals surface area (Å²) in [7, 11) is 0. The average molecular weight is 290 g/mol. The SMILES string of the molecule is CC(=O)Nc1ccsc1CNc1ccccc1C(C)O. The highest BCUT2D eigenvalue weighted by Crippen LogP contribution is 2.26. The fourth-order valence-electron chi connectivity index (χ4n) is 1.98. The van der Waals surface area contributed by atoms with Gasteiger partial charge in [-0.15, -0.1) is 11.3 Å². The lowest BCUT2D eigenvalue weighted by Gasteiger charge is -2.14. The maximum atomic E-state index is 11.1. The Labute approximate surface area is 122 Å². The van der Waals surface area contributed by atoms with Crippen molar-refractivity contribution in [2.45, 2.75) is 26.5 Å². The minimum absolute atomic E-state index is 0.0750. The molecule has 20 heavy (non-hydrogen) atoms. The number of carbonyl (C=O) groups excluding carboxylic acids is 1. The highest BCUT2D eigenvalue weighted by Gasteiger charge is 2.09. The van der Waals surface area contributed by atoms with Crippen molar-refractivity contribution in [3.05, 3.63) is 46.2 Å². The number of thiophene rings is 1. The third-order valence-electron chi connectivity index (χ3n) is 2.91. The first-order valence-corrected chi connectivity index (χ1v) is 7.30. The predicted octanol–water partition coefficient (Wildman–Crippen LogP) is 3.37. The molecule has 5 heteroatoms. The molecule has 0 radical (unpaired) electrons. The molecule has 3 N–H and O–H groups in total. The maximum absolute atomic E-state index is 11.1. The zero-order valence-corrected chi connectivity index (χ0v) is 12.3. The molecule has 106 valence electrons. The molecule has 0 fully saturated rings. The highest BCUT2D eigenvalue weighted by molar-refractivity contribution is 7.10. The molecule has 1 heterocycles. The van der Waals surface area contributed by atoms with E-state index in [2.05, 4.69) is 10.6 Å². The Morgan fingerprint density at radius 2 is 2.05 bits per heavy atom. The number of carbonyl (C=O) groups is 1. The lowest BCUT2D eigenvalue weighted by atomic mass is 10.1. The molecule has 0 saturated heterocycles. The number of aliphatic hydroxyl groups excluding tert-OH is 1. The number of hydrogen-bond acceptors (Lipinski definition) is 4. The number of para-hydroxylation sites is 1. The quantitative estimate of drug-likeness (QED) is 0.791. The van der Waals surface area contributed by atoms with E-state index in [1.54, 1.807) is 18.3 Å². The molecule has 1 aromatic carbocycles. The van der Waals surface area contributed by atoms with E-state index >= 15 is 0 Å². The average Bonchev–Trinajstić information content (AvgIpc) is 2.83. The second-order valence-corrected chi connectivity index (χ2v) is 5.56. The Morgan fingerprint density at radius 1 is 1.30 bits per heavy atom. The van der Waals surface area contributed by atoms with Gasteiger partial charge in [-0.2, -0.15) is 0 Å². The predicted molar refractivity (Wildman–Crippen MR) is 83.0 cm³/mol. The van der Waals surface area contributed by atoms with E-state index in [1.807, 2.05) is 35.7 Å². The molecule has 0 aliphatic carbocycles. The van der Waals surface area contributed by atoms with E-state index in [0.29, 0.717) is 6.54 Å². The third kappa shape index (κ3) is 3.59. The summed E-state index contributed by atoms with van der Waals surface area (Å²) in [6.07, 6.45) is -0.517. The minimum Gasteiger partial charge on any atom is -0.389 e. The molecule has 2 aromatic rings. The van der Waals surface area contributed by atoms with Gasteiger partial charge in [0, 0.05) is 23.1 Å². The van der Waals surface area contributed by atoms with E-state index in [-0.39, 0.29) is 5.91 Å². The van der Waals surface area contributed by atoms with Crippen LogP contribution in [0.5, 0.6) is 0 Å². The van der Waals surface area contributed by atoms with Gasteiger partial charge in [0.2, 0.25) is 5.91 Å². The molecule has 1 aromatic heterocycles. The summed E-state index contributed by atoms with van der Waals surface area (Å²) in [5.74, 6) is -0.0750. The van der Waals surface area contributed by atoms with Gasteiger partial charge in [0.1, 0.15) is 0 Å². The van der Waals surface area contributed by atoms with Gasteiger partial charge in [0.25, 0.3) is 0 Å². The van der Waals surface area contributed by atoms with Crippen molar-refractivity contribution in [3.8, 4) is 0 Å². The Hall–Kier alpha value is -1.85. The molecule has 0 saturated carbocycles. The molecule has 0 bridgehead atoms. The molecule has 2 rings (SSSR count). The zero-order valence-electron chi connectivity index (χ0n) is 11.5. The first-order chi connectivity index (χ1) is 9.58. The summed E-state index contributed by atoms with van der Waals surface area (Å²) in [6, 6.07) is 9.56. The highest BCUT2D eigenvalue weighted by atomic mass is 32.1. The monoisotopic (exact) mass is 290 g/mol. The van der Waals surface area contributed by atoms with Crippen molar-refractivity contribution in [2.24, 2.45) is 0 Å². The Morgan fingerprint density at radius 3 is 2.75 bits per heavy atom. The standard InChI is InChI=1S/C15H18N2O2S/c1-10(18)12-5-3-4-6-13(12)16-9-15-14(7-8-20-15)17-11(2)19/h3-8,10,16,18H,9H2,1-2H3,(H,17,19). The molecule has 1 unspecified atom stereocenters. The third-order valence-corrected chi connectivity index (χ3v) is 3.83. The van der Waals surface area contributed by atoms with Gasteiger partial charge in [-0.3, -0.25) is 4.79 Å². The van der Waals surface area contributed by atoms with Gasteiger partial charge in [0.05, 0.1) is 18.3 Å². The zero-order chi connectivity index (χ0) is 14.5. The van der Waals surface area contributed by atoms with Crippen LogP contribution in [0, 0.1) is 0 Å². The number of anilines is 2. The fourth-order valence-corrected chi connectivity index (χ4v) is 2.75. The summed E-state index contributed by atoms with van der Waals surface area (Å²) in [5.41, 5.74) is 2.61. The van der Waals surface area contributed by atoms with Crippen molar-refractivity contribution in [1.82, 2.24) is 0 Å². The second kappa shape index (κ2) is 6.54. The van der Waals surface area contributed by atoms with E-state index < -0.39 is 6.10 Å². The molecule has 0 aliphatic heterocycles. The van der Waals surface area contributed by atoms with Crippen molar-refractivity contribution >= 4 is 28.6 Å². The van der Waals surface area contributed by atoms with E-state index in [9.17, 15) is 9.90 Å². The molecule has 0 aliphatic rings. The lowest BCUT2D eigenvalue weighted by molar-refractivity contribution is -0.114. The van der Waals surface area contributed by atoms with Crippen LogP contribution in [-0.4, -0.2) is 11.0 Å². The first kappa shape index (κ1) is 14.6. The Balaban J connectivity index is 2.09. The number of benzene rings is 1. The second-order valence-electron chi connectivity index (χ2n) is 4.56. The number of hydrogen-bond donors (Lipinski definition) is 3. The van der Waals surface area contributed by atoms with Crippen molar-refractivity contribution < 1.29 is 9.90 Å². The fraction of sp³-hybridized carbons (Fsp3) is 0.267. The van der Waals surface area contributed by atoms with Crippen LogP contribution < -0.4 is 10.6 Å². The minimum atomic E-state index is -0.517. The van der Waals surface area contributed by atoms with E-state index in [1.165, 1.54) is 6.92 Å². The van der Waals surface area contributed by atoms with Crippen LogP contribution in [0.4, 0.5) is 11.4 Å². The number of nitrogens with one attached hydrogen (secondary N) is 2. The number of aliphatic hydroxyl groups is 1. The topological polar surface area (TPSA) is 61.4 Å². The van der Waals surface area contributed by atoms with Gasteiger partial charge in [-0.1, -0.05) is 18.2 Å². The van der Waals surface area contributed by atoms with E-state index in [0.717, 1.165) is 21.8 Å². The number of rotatable bonds is 5. The van der Waals surface area contributed by atoms with E-state index in [4.69, 9.17) is 0 Å². The van der Waals surface area contributed by atoms with Crippen LogP contribution >= 0.6 is 11.3 Å². The molecular weight excluding hydrogens is 272 g/mol. The Bertz CT molecular complexity index is 593. The van der Waals surface area contributed by atoms with Gasteiger partial charge < -0.3 is 15.7 Å². The van der Waals surface area contributed by atoms with Gasteiger partial charge in [0.15, 0.2) is 0 Å². The maximum Gasteiger partial charge on any atom is 0.221 e. The van der Waals surface area contributed by atoms with Crippen molar-refractivity contribution in [2.75, 3.05) is 10.6 Å². The summed E-state index contributed by atoms with van der Waals surface area (Å²) in [6.45, 7) is 3.85. The van der Waals surface area contributed by atoms with Crippen LogP contribution in [0.2, 0.25) is 0 Å². The normalized spacial score (nSPS) is 11.9. The summed E-state index contributed by atoms with van der Waals surface area (Å²) in [4.78, 5) is 12.2. The van der Waals surface area contributed by atoms with Crippen LogP contribution in [0.25, 0.3) is 0 Å². The summed E-state index contributed by atoms with van der Waals surface area (Å²) < 4.78 is 0. The van der Waals surface area contributed by atoms with Crippen LogP contribution in [0.15, 0.2) is 35.7 Å². The largest absolute Gasteiger partial charge is 0.389 e. The Kier molecular flexibility index (Phi) is 4.76. The van der Waals surface area contributed by atoms with Gasteiger partial charge >= 0.3 is 0 Å². The van der Waals surface area contributed by atoms with Crippen molar-refractivity contribution in [3.63, 3.8) is 0 Å². The summed E-state index contributed by atoms with van der Waals surface area (Å²) >= 11 is 1.59. The molecular formula is C15H18N2O2S.